The number of amides is 1. The number of nitrogens with zero attached hydrogens (tertiary/aromatic N) is 2. The summed E-state index contributed by atoms with van der Waals surface area (Å²) in [5, 5.41) is 28.0. The number of hydrogen-bond donors (Lipinski definition) is 4. The zero-order valence-electron chi connectivity index (χ0n) is 20.1. The lowest BCUT2D eigenvalue weighted by molar-refractivity contribution is 0.0641. The number of benzene rings is 2. The van der Waals surface area contributed by atoms with E-state index in [1.807, 2.05) is 0 Å². The highest BCUT2D eigenvalue weighted by Gasteiger charge is 2.31. The number of aliphatic hydroxyl groups is 2. The van der Waals surface area contributed by atoms with Crippen LogP contribution in [0.1, 0.15) is 49.2 Å². The lowest BCUT2D eigenvalue weighted by Gasteiger charge is -2.28. The highest BCUT2D eigenvalue weighted by Crippen LogP contribution is 2.21. The summed E-state index contributed by atoms with van der Waals surface area (Å²) in [4.78, 5) is 21.6. The Morgan fingerprint density at radius 1 is 1.17 bits per heavy atom. The lowest BCUT2D eigenvalue weighted by Crippen LogP contribution is -2.47. The maximum Gasteiger partial charge on any atom is 0.271 e. The summed E-state index contributed by atoms with van der Waals surface area (Å²) < 4.78 is 38.2. The summed E-state index contributed by atoms with van der Waals surface area (Å²) in [6.07, 6.45) is -0.173. The molecule has 0 saturated heterocycles. The zero-order chi connectivity index (χ0) is 26.5. The molecule has 0 unspecified atom stereocenters. The highest BCUT2D eigenvalue weighted by molar-refractivity contribution is 7.89. The summed E-state index contributed by atoms with van der Waals surface area (Å²) in [7, 11) is -4.07. The molecule has 0 bridgehead atoms. The number of carbonyl (C=O) groups excluding carboxylic acids is 1. The number of primary sulfonamides is 1. The molecule has 1 amide bonds. The second-order valence-corrected chi connectivity index (χ2v) is 11.4. The molecule has 36 heavy (non-hydrogen) atoms. The minimum atomic E-state index is -4.07. The fourth-order valence-electron chi connectivity index (χ4n) is 3.87. The summed E-state index contributed by atoms with van der Waals surface area (Å²) in [6, 6.07) is 11.7. The molecule has 0 spiro atoms. The Morgan fingerprint density at radius 3 is 2.50 bits per heavy atom. The van der Waals surface area contributed by atoms with E-state index in [1.54, 1.807) is 44.2 Å². The molecule has 0 radical (unpaired) electrons. The van der Waals surface area contributed by atoms with Crippen LogP contribution in [-0.2, 0) is 16.4 Å². The van der Waals surface area contributed by atoms with Crippen LogP contribution < -0.4 is 10.5 Å². The molecule has 0 aliphatic heterocycles. The first-order valence-electron chi connectivity index (χ1n) is 11.5. The number of nitrogens with two attached hydrogens (primary N) is 1. The van der Waals surface area contributed by atoms with E-state index in [1.165, 1.54) is 24.4 Å². The van der Waals surface area contributed by atoms with Crippen LogP contribution in [0.4, 0.5) is 4.39 Å². The minimum absolute atomic E-state index is 0.00942. The molecule has 1 aromatic heterocycles. The molecule has 5 N–H and O–H groups in total. The van der Waals surface area contributed by atoms with Crippen molar-refractivity contribution in [1.82, 2.24) is 15.3 Å². The molecule has 0 aliphatic rings. The van der Waals surface area contributed by atoms with E-state index < -0.39 is 44.7 Å². The third-order valence-corrected chi connectivity index (χ3v) is 7.21. The van der Waals surface area contributed by atoms with Crippen molar-refractivity contribution in [1.29, 1.82) is 0 Å². The molecule has 9 nitrogen and oxygen atoms in total. The smallest absolute Gasteiger partial charge is 0.271 e. The highest BCUT2D eigenvalue weighted by atomic mass is 32.2. The van der Waals surface area contributed by atoms with Gasteiger partial charge in [0.1, 0.15) is 11.5 Å². The van der Waals surface area contributed by atoms with Gasteiger partial charge in [-0.1, -0.05) is 24.3 Å². The molecule has 194 valence electrons. The fraction of sp³-hybridized carbons (Fsp3) is 0.400. The van der Waals surface area contributed by atoms with Crippen LogP contribution in [0.25, 0.3) is 11.0 Å². The molecular weight excluding hydrogens is 487 g/mol. The number of fused-ring (bicyclic) bond motifs is 1. The molecule has 2 aromatic carbocycles. The van der Waals surface area contributed by atoms with Crippen molar-refractivity contribution >= 4 is 27.0 Å². The van der Waals surface area contributed by atoms with Gasteiger partial charge in [-0.05, 0) is 69.4 Å². The van der Waals surface area contributed by atoms with E-state index in [0.717, 1.165) is 0 Å². The maximum absolute atomic E-state index is 13.8. The standard InChI is InChI=1S/C25H31FN4O5S/c1-25(2,33)11-10-18(36(27,34)35)14-23(31)21(13-16-6-5-7-17(26)12-16)30-24(32)22-15-28-19-8-3-4-9-20(19)29-22/h3-9,12,15,18,21,23,31,33H,10-11,13-14H2,1-2H3,(H,30,32)(H2,27,34,35)/t18-,21-,23-/m0/s1. The van der Waals surface area contributed by atoms with Crippen LogP contribution in [0.5, 0.6) is 0 Å². The Hall–Kier alpha value is -2.99. The van der Waals surface area contributed by atoms with Crippen LogP contribution in [0.2, 0.25) is 0 Å². The van der Waals surface area contributed by atoms with E-state index in [0.29, 0.717) is 16.6 Å². The third-order valence-electron chi connectivity index (χ3n) is 5.85. The number of nitrogens with one attached hydrogen (secondary N) is 1. The first kappa shape index (κ1) is 27.6. The number of aliphatic hydroxyl groups excluding tert-OH is 1. The van der Waals surface area contributed by atoms with Gasteiger partial charge in [-0.15, -0.1) is 0 Å². The van der Waals surface area contributed by atoms with Crippen molar-refractivity contribution in [2.24, 2.45) is 5.14 Å². The number of aromatic nitrogens is 2. The number of halogens is 1. The monoisotopic (exact) mass is 518 g/mol. The maximum atomic E-state index is 13.8. The zero-order valence-corrected chi connectivity index (χ0v) is 21.0. The lowest BCUT2D eigenvalue weighted by atomic mass is 9.94. The van der Waals surface area contributed by atoms with Crippen molar-refractivity contribution < 1.29 is 27.8 Å². The van der Waals surface area contributed by atoms with Crippen LogP contribution in [0.15, 0.2) is 54.7 Å². The van der Waals surface area contributed by atoms with Gasteiger partial charge < -0.3 is 15.5 Å². The number of para-hydroxylation sites is 2. The van der Waals surface area contributed by atoms with E-state index in [4.69, 9.17) is 5.14 Å². The van der Waals surface area contributed by atoms with E-state index in [-0.39, 0.29) is 31.4 Å². The molecule has 0 saturated carbocycles. The molecule has 0 aliphatic carbocycles. The van der Waals surface area contributed by atoms with Gasteiger partial charge in [-0.3, -0.25) is 9.78 Å². The first-order chi connectivity index (χ1) is 16.8. The predicted octanol–water partition coefficient (Wildman–Crippen LogP) is 2.07. The molecule has 3 atom stereocenters. The Kier molecular flexibility index (Phi) is 8.72. The summed E-state index contributed by atoms with van der Waals surface area (Å²) >= 11 is 0. The Morgan fingerprint density at radius 2 is 1.86 bits per heavy atom. The molecule has 0 fully saturated rings. The minimum Gasteiger partial charge on any atom is -0.391 e. The van der Waals surface area contributed by atoms with Crippen molar-refractivity contribution in [3.63, 3.8) is 0 Å². The fourth-order valence-corrected chi connectivity index (χ4v) is 4.79. The van der Waals surface area contributed by atoms with Crippen LogP contribution in [-0.4, -0.2) is 57.5 Å². The average molecular weight is 519 g/mol. The van der Waals surface area contributed by atoms with Crippen LogP contribution >= 0.6 is 0 Å². The number of hydrogen-bond acceptors (Lipinski definition) is 7. The van der Waals surface area contributed by atoms with Gasteiger partial charge in [0.2, 0.25) is 10.0 Å². The molecular formula is C25H31FN4O5S. The second-order valence-electron chi connectivity index (χ2n) is 9.52. The Balaban J connectivity index is 1.85. The van der Waals surface area contributed by atoms with Gasteiger partial charge in [0, 0.05) is 0 Å². The second kappa shape index (κ2) is 11.4. The first-order valence-corrected chi connectivity index (χ1v) is 13.1. The van der Waals surface area contributed by atoms with E-state index in [9.17, 15) is 27.8 Å². The number of rotatable bonds is 11. The van der Waals surface area contributed by atoms with Gasteiger partial charge in [0.15, 0.2) is 0 Å². The van der Waals surface area contributed by atoms with E-state index >= 15 is 0 Å². The molecule has 3 aromatic rings. The normalized spacial score (nSPS) is 14.8. The van der Waals surface area contributed by atoms with Gasteiger partial charge >= 0.3 is 0 Å². The van der Waals surface area contributed by atoms with Gasteiger partial charge in [-0.25, -0.2) is 22.9 Å². The van der Waals surface area contributed by atoms with Crippen molar-refractivity contribution in [2.75, 3.05) is 0 Å². The van der Waals surface area contributed by atoms with Gasteiger partial charge in [-0.2, -0.15) is 0 Å². The van der Waals surface area contributed by atoms with Crippen molar-refractivity contribution in [3.8, 4) is 0 Å². The average Bonchev–Trinajstić information content (AvgIpc) is 2.79. The molecule has 11 heteroatoms. The number of carbonyl (C=O) groups is 1. The largest absolute Gasteiger partial charge is 0.391 e. The number of sulfonamides is 1. The Bertz CT molecular complexity index is 1310. The molecule has 3 rings (SSSR count). The summed E-state index contributed by atoms with van der Waals surface area (Å²) in [5.41, 5.74) is 0.488. The molecule has 1 heterocycles. The third kappa shape index (κ3) is 8.02. The SMILES string of the molecule is CC(C)(O)CC[C@@H](C[C@H](O)[C@H](Cc1cccc(F)c1)NC(=O)c1cnc2ccccc2n1)S(N)(=O)=O. The predicted molar refractivity (Wildman–Crippen MR) is 134 cm³/mol. The van der Waals surface area contributed by atoms with Crippen molar-refractivity contribution in [3.05, 3.63) is 71.8 Å². The van der Waals surface area contributed by atoms with E-state index in [2.05, 4.69) is 15.3 Å². The summed E-state index contributed by atoms with van der Waals surface area (Å²) in [5.74, 6) is -1.11. The van der Waals surface area contributed by atoms with Gasteiger partial charge in [0.25, 0.3) is 5.91 Å². The quantitative estimate of drug-likeness (QED) is 0.303. The topological polar surface area (TPSA) is 156 Å². The summed E-state index contributed by atoms with van der Waals surface area (Å²) in [6.45, 7) is 3.09. The van der Waals surface area contributed by atoms with Crippen molar-refractivity contribution in [2.45, 2.75) is 62.5 Å². The van der Waals surface area contributed by atoms with Crippen LogP contribution in [0, 0.1) is 5.82 Å². The van der Waals surface area contributed by atoms with Gasteiger partial charge in [0.05, 0.1) is 40.2 Å². The van der Waals surface area contributed by atoms with Crippen LogP contribution in [0.3, 0.4) is 0 Å². The Labute approximate surface area is 209 Å².